The van der Waals surface area contributed by atoms with Crippen molar-refractivity contribution in [3.8, 4) is 17.2 Å². The molecule has 1 unspecified atom stereocenters. The van der Waals surface area contributed by atoms with Gasteiger partial charge in [-0.15, -0.1) is 0 Å². The predicted octanol–water partition coefficient (Wildman–Crippen LogP) is 3.30. The van der Waals surface area contributed by atoms with Crippen LogP contribution in [0.4, 0.5) is 0 Å². The lowest BCUT2D eigenvalue weighted by molar-refractivity contribution is 0.0785. The van der Waals surface area contributed by atoms with Gasteiger partial charge in [0.2, 0.25) is 0 Å². The third-order valence-corrected chi connectivity index (χ3v) is 4.39. The highest BCUT2D eigenvalue weighted by Crippen LogP contribution is 2.33. The van der Waals surface area contributed by atoms with Gasteiger partial charge in [0.25, 0.3) is 5.91 Å². The fourth-order valence-electron chi connectivity index (χ4n) is 3.04. The van der Waals surface area contributed by atoms with Gasteiger partial charge in [-0.2, -0.15) is 0 Å². The molecule has 25 heavy (non-hydrogen) atoms. The maximum Gasteiger partial charge on any atom is 0.257 e. The molecule has 0 saturated carbocycles. The lowest BCUT2D eigenvalue weighted by Gasteiger charge is -2.19. The number of amides is 1. The van der Waals surface area contributed by atoms with Gasteiger partial charge >= 0.3 is 0 Å². The van der Waals surface area contributed by atoms with Crippen molar-refractivity contribution in [2.45, 2.75) is 13.3 Å². The van der Waals surface area contributed by atoms with E-state index in [1.165, 1.54) is 0 Å². The number of carbonyl (C=O) groups excluding carboxylic acids is 1. The maximum absolute atomic E-state index is 12.9. The molecule has 1 amide bonds. The number of ether oxygens (including phenoxy) is 2. The Morgan fingerprint density at radius 2 is 1.80 bits per heavy atom. The van der Waals surface area contributed by atoms with E-state index in [0.29, 0.717) is 48.4 Å². The normalized spacial score (nSPS) is 16.7. The minimum atomic E-state index is -0.0135. The lowest BCUT2D eigenvalue weighted by Crippen LogP contribution is -2.30. The van der Waals surface area contributed by atoms with Crippen LogP contribution in [0.5, 0.6) is 17.2 Å². The van der Waals surface area contributed by atoms with Crippen LogP contribution in [0.3, 0.4) is 0 Å². The van der Waals surface area contributed by atoms with Crippen LogP contribution in [-0.4, -0.2) is 37.0 Å². The number of likely N-dealkylation sites (tertiary alicyclic amines) is 1. The first-order valence-electron chi connectivity index (χ1n) is 8.71. The summed E-state index contributed by atoms with van der Waals surface area (Å²) in [5, 5.41) is 0. The molecule has 1 atom stereocenters. The smallest absolute Gasteiger partial charge is 0.257 e. The van der Waals surface area contributed by atoms with Gasteiger partial charge in [0.15, 0.2) is 11.5 Å². The molecule has 1 aliphatic rings. The second-order valence-corrected chi connectivity index (χ2v) is 6.12. The molecule has 2 aromatic rings. The number of hydrogen-bond acceptors (Lipinski definition) is 4. The zero-order valence-electron chi connectivity index (χ0n) is 14.5. The van der Waals surface area contributed by atoms with Crippen LogP contribution in [0.1, 0.15) is 23.7 Å². The van der Waals surface area contributed by atoms with E-state index < -0.39 is 0 Å². The SMILES string of the molecule is CCOc1ccccc1Oc1ccccc1C(=O)N1CCC(CN)C1. The molecule has 3 rings (SSSR count). The van der Waals surface area contributed by atoms with Gasteiger partial charge in [0.1, 0.15) is 5.75 Å². The molecular formula is C20H24N2O3. The van der Waals surface area contributed by atoms with E-state index in [9.17, 15) is 4.79 Å². The fourth-order valence-corrected chi connectivity index (χ4v) is 3.04. The Labute approximate surface area is 148 Å². The Morgan fingerprint density at radius 3 is 2.48 bits per heavy atom. The summed E-state index contributed by atoms with van der Waals surface area (Å²) < 4.78 is 11.6. The van der Waals surface area contributed by atoms with E-state index >= 15 is 0 Å². The van der Waals surface area contributed by atoms with Gasteiger partial charge in [-0.1, -0.05) is 24.3 Å². The number of carbonyl (C=O) groups is 1. The number of benzene rings is 2. The summed E-state index contributed by atoms with van der Waals surface area (Å²) in [7, 11) is 0. The Hall–Kier alpha value is -2.53. The third kappa shape index (κ3) is 3.94. The molecule has 132 valence electrons. The van der Waals surface area contributed by atoms with E-state index in [2.05, 4.69) is 0 Å². The average Bonchev–Trinajstić information content (AvgIpc) is 3.13. The Kier molecular flexibility index (Phi) is 5.56. The topological polar surface area (TPSA) is 64.8 Å². The average molecular weight is 340 g/mol. The molecule has 0 aromatic heterocycles. The minimum absolute atomic E-state index is 0.0135. The van der Waals surface area contributed by atoms with Gasteiger partial charge in [0, 0.05) is 13.1 Å². The van der Waals surface area contributed by atoms with Crippen molar-refractivity contribution in [3.63, 3.8) is 0 Å². The fraction of sp³-hybridized carbons (Fsp3) is 0.350. The molecule has 0 aliphatic carbocycles. The van der Waals surface area contributed by atoms with Crippen LogP contribution in [0.25, 0.3) is 0 Å². The first-order valence-corrected chi connectivity index (χ1v) is 8.71. The van der Waals surface area contributed by atoms with Crippen molar-refractivity contribution in [1.29, 1.82) is 0 Å². The van der Waals surface area contributed by atoms with Crippen LogP contribution in [0.2, 0.25) is 0 Å². The minimum Gasteiger partial charge on any atom is -0.490 e. The van der Waals surface area contributed by atoms with E-state index in [0.717, 1.165) is 13.0 Å². The van der Waals surface area contributed by atoms with Crippen molar-refractivity contribution >= 4 is 5.91 Å². The molecule has 1 fully saturated rings. The molecule has 1 heterocycles. The largest absolute Gasteiger partial charge is 0.490 e. The molecule has 5 nitrogen and oxygen atoms in total. The molecule has 1 aliphatic heterocycles. The van der Waals surface area contributed by atoms with Crippen molar-refractivity contribution in [2.24, 2.45) is 11.7 Å². The predicted molar refractivity (Wildman–Crippen MR) is 97.2 cm³/mol. The number of rotatable bonds is 6. The van der Waals surface area contributed by atoms with Crippen LogP contribution in [0.15, 0.2) is 48.5 Å². The molecule has 0 bridgehead atoms. The summed E-state index contributed by atoms with van der Waals surface area (Å²) >= 11 is 0. The van der Waals surface area contributed by atoms with Crippen molar-refractivity contribution < 1.29 is 14.3 Å². The highest BCUT2D eigenvalue weighted by atomic mass is 16.5. The van der Waals surface area contributed by atoms with Crippen LogP contribution >= 0.6 is 0 Å². The zero-order valence-corrected chi connectivity index (χ0v) is 14.5. The number of nitrogens with two attached hydrogens (primary N) is 1. The van der Waals surface area contributed by atoms with E-state index in [-0.39, 0.29) is 5.91 Å². The Balaban J connectivity index is 1.83. The molecule has 0 spiro atoms. The Bertz CT molecular complexity index is 732. The van der Waals surface area contributed by atoms with Crippen LogP contribution in [0, 0.1) is 5.92 Å². The van der Waals surface area contributed by atoms with E-state index in [1.54, 1.807) is 6.07 Å². The first kappa shape index (κ1) is 17.3. The molecule has 0 radical (unpaired) electrons. The van der Waals surface area contributed by atoms with Gasteiger partial charge in [-0.25, -0.2) is 0 Å². The lowest BCUT2D eigenvalue weighted by atomic mass is 10.1. The number of para-hydroxylation sites is 3. The molecule has 1 saturated heterocycles. The van der Waals surface area contributed by atoms with Crippen LogP contribution < -0.4 is 15.2 Å². The molecular weight excluding hydrogens is 316 g/mol. The summed E-state index contributed by atoms with van der Waals surface area (Å²) in [4.78, 5) is 14.8. The van der Waals surface area contributed by atoms with Gasteiger partial charge in [-0.3, -0.25) is 4.79 Å². The summed E-state index contributed by atoms with van der Waals surface area (Å²) in [5.74, 6) is 2.18. The number of hydrogen-bond donors (Lipinski definition) is 1. The quantitative estimate of drug-likeness (QED) is 0.876. The summed E-state index contributed by atoms with van der Waals surface area (Å²) in [6, 6.07) is 14.8. The maximum atomic E-state index is 12.9. The third-order valence-electron chi connectivity index (χ3n) is 4.39. The van der Waals surface area contributed by atoms with Gasteiger partial charge < -0.3 is 20.1 Å². The van der Waals surface area contributed by atoms with E-state index in [1.807, 2.05) is 54.3 Å². The highest BCUT2D eigenvalue weighted by molar-refractivity contribution is 5.97. The second kappa shape index (κ2) is 8.03. The van der Waals surface area contributed by atoms with Gasteiger partial charge in [0.05, 0.1) is 12.2 Å². The zero-order chi connectivity index (χ0) is 17.6. The summed E-state index contributed by atoms with van der Waals surface area (Å²) in [5.41, 5.74) is 6.30. The summed E-state index contributed by atoms with van der Waals surface area (Å²) in [6.07, 6.45) is 0.957. The monoisotopic (exact) mass is 340 g/mol. The standard InChI is InChI=1S/C20H24N2O3/c1-2-24-18-9-5-6-10-19(18)25-17-8-4-3-7-16(17)20(23)22-12-11-15(13-21)14-22/h3-10,15H,2,11-14,21H2,1H3. The van der Waals surface area contributed by atoms with Crippen molar-refractivity contribution in [1.82, 2.24) is 4.90 Å². The van der Waals surface area contributed by atoms with Crippen molar-refractivity contribution in [2.75, 3.05) is 26.2 Å². The first-order chi connectivity index (χ1) is 12.2. The number of nitrogens with zero attached hydrogens (tertiary/aromatic N) is 1. The van der Waals surface area contributed by atoms with Crippen LogP contribution in [-0.2, 0) is 0 Å². The molecule has 2 aromatic carbocycles. The highest BCUT2D eigenvalue weighted by Gasteiger charge is 2.27. The second-order valence-electron chi connectivity index (χ2n) is 6.12. The van der Waals surface area contributed by atoms with Crippen molar-refractivity contribution in [3.05, 3.63) is 54.1 Å². The summed E-state index contributed by atoms with van der Waals surface area (Å²) in [6.45, 7) is 4.54. The Morgan fingerprint density at radius 1 is 1.12 bits per heavy atom. The van der Waals surface area contributed by atoms with Gasteiger partial charge in [-0.05, 0) is 50.1 Å². The molecule has 5 heteroatoms. The molecule has 2 N–H and O–H groups in total. The van der Waals surface area contributed by atoms with E-state index in [4.69, 9.17) is 15.2 Å².